The summed E-state index contributed by atoms with van der Waals surface area (Å²) in [4.78, 5) is 12.4. The van der Waals surface area contributed by atoms with Crippen molar-refractivity contribution >= 4 is 37.5 Å². The third-order valence-corrected chi connectivity index (χ3v) is 6.14. The number of hydrogen-bond acceptors (Lipinski definition) is 3. The van der Waals surface area contributed by atoms with E-state index in [2.05, 4.69) is 40.3 Å². The van der Waals surface area contributed by atoms with Gasteiger partial charge < -0.3 is 5.32 Å². The van der Waals surface area contributed by atoms with Gasteiger partial charge in [0.1, 0.15) is 6.54 Å². The number of carbonyl (C=O) groups is 1. The lowest BCUT2D eigenvalue weighted by molar-refractivity contribution is -0.119. The van der Waals surface area contributed by atoms with E-state index in [-0.39, 0.29) is 12.5 Å². The Kier molecular flexibility index (Phi) is 7.86. The van der Waals surface area contributed by atoms with E-state index in [1.807, 2.05) is 18.2 Å². The molecule has 0 aromatic heterocycles. The molecule has 5 nitrogen and oxygen atoms in total. The molecule has 7 heteroatoms. The average Bonchev–Trinajstić information content (AvgIpc) is 2.64. The van der Waals surface area contributed by atoms with E-state index in [1.165, 1.54) is 5.56 Å². The highest BCUT2D eigenvalue weighted by atomic mass is 79.9. The second-order valence-electron chi connectivity index (χ2n) is 6.49. The van der Waals surface area contributed by atoms with E-state index in [1.54, 1.807) is 24.3 Å². The molecule has 0 radical (unpaired) electrons. The van der Waals surface area contributed by atoms with Gasteiger partial charge >= 0.3 is 0 Å². The SMILES string of the molecule is CCC(CNC(=O)CN(c1ccccc1Br)S(C)(=O)=O)Cc1ccccc1. The smallest absolute Gasteiger partial charge is 0.240 e. The Hall–Kier alpha value is -1.86. The Morgan fingerprint density at radius 1 is 1.11 bits per heavy atom. The Balaban J connectivity index is 2.00. The molecule has 0 aliphatic rings. The van der Waals surface area contributed by atoms with Gasteiger partial charge in [-0.05, 0) is 46.0 Å². The maximum atomic E-state index is 12.4. The number of amides is 1. The van der Waals surface area contributed by atoms with E-state index in [4.69, 9.17) is 0 Å². The van der Waals surface area contributed by atoms with Crippen molar-refractivity contribution in [3.05, 3.63) is 64.6 Å². The summed E-state index contributed by atoms with van der Waals surface area (Å²) in [5.74, 6) is -0.0193. The first-order chi connectivity index (χ1) is 12.8. The molecule has 0 aliphatic heterocycles. The van der Waals surface area contributed by atoms with Crippen molar-refractivity contribution in [3.63, 3.8) is 0 Å². The molecule has 0 saturated carbocycles. The highest BCUT2D eigenvalue weighted by molar-refractivity contribution is 9.10. The largest absolute Gasteiger partial charge is 0.354 e. The number of nitrogens with one attached hydrogen (secondary N) is 1. The van der Waals surface area contributed by atoms with Gasteiger partial charge in [-0.15, -0.1) is 0 Å². The number of benzene rings is 2. The topological polar surface area (TPSA) is 66.5 Å². The third-order valence-electron chi connectivity index (χ3n) is 4.34. The zero-order valence-electron chi connectivity index (χ0n) is 15.6. The van der Waals surface area contributed by atoms with Crippen LogP contribution in [0.25, 0.3) is 0 Å². The molecule has 2 aromatic carbocycles. The second-order valence-corrected chi connectivity index (χ2v) is 9.25. The number of nitrogens with zero attached hydrogens (tertiary/aromatic N) is 1. The van der Waals surface area contributed by atoms with Gasteiger partial charge in [-0.3, -0.25) is 9.10 Å². The van der Waals surface area contributed by atoms with E-state index < -0.39 is 10.0 Å². The fourth-order valence-electron chi connectivity index (χ4n) is 2.79. The zero-order chi connectivity index (χ0) is 19.9. The molecule has 146 valence electrons. The van der Waals surface area contributed by atoms with Crippen LogP contribution < -0.4 is 9.62 Å². The normalized spacial score (nSPS) is 12.4. The van der Waals surface area contributed by atoms with Crippen LogP contribution in [0.3, 0.4) is 0 Å². The molecule has 1 unspecified atom stereocenters. The molecule has 0 bridgehead atoms. The lowest BCUT2D eigenvalue weighted by atomic mass is 9.97. The van der Waals surface area contributed by atoms with Crippen LogP contribution in [0.5, 0.6) is 0 Å². The molecule has 0 aliphatic carbocycles. The van der Waals surface area contributed by atoms with Crippen LogP contribution in [0.15, 0.2) is 59.1 Å². The molecule has 0 saturated heterocycles. The van der Waals surface area contributed by atoms with Crippen molar-refractivity contribution in [1.82, 2.24) is 5.32 Å². The van der Waals surface area contributed by atoms with E-state index in [0.29, 0.717) is 22.6 Å². The van der Waals surface area contributed by atoms with Crippen LogP contribution in [0.2, 0.25) is 0 Å². The average molecular weight is 453 g/mol. The molecule has 0 fully saturated rings. The highest BCUT2D eigenvalue weighted by Crippen LogP contribution is 2.27. The molecule has 0 spiro atoms. The van der Waals surface area contributed by atoms with Crippen LogP contribution in [0.4, 0.5) is 5.69 Å². The fourth-order valence-corrected chi connectivity index (χ4v) is 4.27. The number of anilines is 1. The summed E-state index contributed by atoms with van der Waals surface area (Å²) in [7, 11) is -3.59. The van der Waals surface area contributed by atoms with Crippen molar-refractivity contribution in [2.24, 2.45) is 5.92 Å². The van der Waals surface area contributed by atoms with Crippen molar-refractivity contribution in [1.29, 1.82) is 0 Å². The van der Waals surface area contributed by atoms with Crippen LogP contribution in [-0.2, 0) is 21.2 Å². The summed E-state index contributed by atoms with van der Waals surface area (Å²) in [6, 6.07) is 17.1. The van der Waals surface area contributed by atoms with Crippen LogP contribution in [0, 0.1) is 5.92 Å². The fraction of sp³-hybridized carbons (Fsp3) is 0.350. The van der Waals surface area contributed by atoms with E-state index in [0.717, 1.165) is 23.4 Å². The number of carbonyl (C=O) groups excluding carboxylic acids is 1. The Morgan fingerprint density at radius 2 is 1.74 bits per heavy atom. The number of sulfonamides is 1. The van der Waals surface area contributed by atoms with Gasteiger partial charge in [-0.1, -0.05) is 55.8 Å². The standard InChI is InChI=1S/C20H25BrN2O3S/c1-3-16(13-17-9-5-4-6-10-17)14-22-20(24)15-23(27(2,25)26)19-12-8-7-11-18(19)21/h4-12,16H,3,13-15H2,1-2H3,(H,22,24). The van der Waals surface area contributed by atoms with Gasteiger partial charge in [-0.2, -0.15) is 0 Å². The Bertz CT molecular complexity index is 857. The quantitative estimate of drug-likeness (QED) is 0.631. The van der Waals surface area contributed by atoms with Gasteiger partial charge in [0, 0.05) is 11.0 Å². The number of para-hydroxylation sites is 1. The van der Waals surface area contributed by atoms with Crippen LogP contribution in [-0.4, -0.2) is 33.7 Å². The van der Waals surface area contributed by atoms with Gasteiger partial charge in [0.2, 0.25) is 15.9 Å². The van der Waals surface area contributed by atoms with Gasteiger partial charge in [0.05, 0.1) is 11.9 Å². The molecular weight excluding hydrogens is 428 g/mol. The number of hydrogen-bond donors (Lipinski definition) is 1. The van der Waals surface area contributed by atoms with Crippen molar-refractivity contribution in [2.75, 3.05) is 23.7 Å². The molecule has 27 heavy (non-hydrogen) atoms. The predicted octanol–water partition coefficient (Wildman–Crippen LogP) is 3.60. The van der Waals surface area contributed by atoms with Gasteiger partial charge in [0.15, 0.2) is 0 Å². The van der Waals surface area contributed by atoms with E-state index >= 15 is 0 Å². The summed E-state index contributed by atoms with van der Waals surface area (Å²) in [5, 5.41) is 2.89. The molecule has 1 N–H and O–H groups in total. The minimum absolute atomic E-state index is 0.247. The molecule has 2 rings (SSSR count). The minimum Gasteiger partial charge on any atom is -0.354 e. The third kappa shape index (κ3) is 6.66. The highest BCUT2D eigenvalue weighted by Gasteiger charge is 2.22. The summed E-state index contributed by atoms with van der Waals surface area (Å²) in [5.41, 5.74) is 1.68. The van der Waals surface area contributed by atoms with Gasteiger partial charge in [0.25, 0.3) is 0 Å². The minimum atomic E-state index is -3.59. The lowest BCUT2D eigenvalue weighted by Crippen LogP contribution is -2.42. The molecular formula is C20H25BrN2O3S. The van der Waals surface area contributed by atoms with Crippen LogP contribution in [0.1, 0.15) is 18.9 Å². The van der Waals surface area contributed by atoms with Crippen molar-refractivity contribution in [2.45, 2.75) is 19.8 Å². The van der Waals surface area contributed by atoms with Crippen molar-refractivity contribution < 1.29 is 13.2 Å². The Labute approximate surface area is 170 Å². The summed E-state index contributed by atoms with van der Waals surface area (Å²) < 4.78 is 26.1. The Morgan fingerprint density at radius 3 is 2.33 bits per heavy atom. The first kappa shape index (κ1) is 21.4. The number of rotatable bonds is 9. The summed E-state index contributed by atoms with van der Waals surface area (Å²) >= 11 is 3.35. The molecule has 1 amide bonds. The van der Waals surface area contributed by atoms with Crippen molar-refractivity contribution in [3.8, 4) is 0 Å². The molecule has 0 heterocycles. The maximum absolute atomic E-state index is 12.4. The first-order valence-corrected chi connectivity index (χ1v) is 11.5. The zero-order valence-corrected chi connectivity index (χ0v) is 18.0. The lowest BCUT2D eigenvalue weighted by Gasteiger charge is -2.23. The predicted molar refractivity (Wildman–Crippen MR) is 113 cm³/mol. The van der Waals surface area contributed by atoms with E-state index in [9.17, 15) is 13.2 Å². The second kappa shape index (κ2) is 9.90. The molecule has 1 atom stereocenters. The number of halogens is 1. The summed E-state index contributed by atoms with van der Waals surface area (Å²) in [6.45, 7) is 2.35. The first-order valence-electron chi connectivity index (χ1n) is 8.84. The summed E-state index contributed by atoms with van der Waals surface area (Å²) in [6.07, 6.45) is 2.90. The molecule has 2 aromatic rings. The maximum Gasteiger partial charge on any atom is 0.240 e. The van der Waals surface area contributed by atoms with Gasteiger partial charge in [-0.25, -0.2) is 8.42 Å². The van der Waals surface area contributed by atoms with Crippen LogP contribution >= 0.6 is 15.9 Å². The monoisotopic (exact) mass is 452 g/mol.